The molecular formula is C42H26N2OS. The third-order valence-electron chi connectivity index (χ3n) is 9.18. The normalized spacial score (nSPS) is 11.9. The highest BCUT2D eigenvalue weighted by Crippen LogP contribution is 2.47. The van der Waals surface area contributed by atoms with Crippen molar-refractivity contribution in [2.75, 3.05) is 4.90 Å². The summed E-state index contributed by atoms with van der Waals surface area (Å²) in [6, 6.07) is 56.2. The molecular weight excluding hydrogens is 581 g/mol. The van der Waals surface area contributed by atoms with Gasteiger partial charge in [-0.25, -0.2) is 0 Å². The van der Waals surface area contributed by atoms with Crippen molar-refractivity contribution in [1.82, 2.24) is 4.57 Å². The summed E-state index contributed by atoms with van der Waals surface area (Å²) in [6.07, 6.45) is 0. The van der Waals surface area contributed by atoms with E-state index in [-0.39, 0.29) is 0 Å². The molecule has 0 N–H and O–H groups in total. The van der Waals surface area contributed by atoms with Gasteiger partial charge in [-0.15, -0.1) is 11.3 Å². The van der Waals surface area contributed by atoms with E-state index >= 15 is 0 Å². The Bertz CT molecular complexity index is 2700. The summed E-state index contributed by atoms with van der Waals surface area (Å²) >= 11 is 1.89. The van der Waals surface area contributed by atoms with Gasteiger partial charge in [0.2, 0.25) is 0 Å². The first kappa shape index (κ1) is 25.5. The number of aromatic nitrogens is 1. The number of nitrogens with zero attached hydrogens (tertiary/aromatic N) is 2. The fourth-order valence-corrected chi connectivity index (χ4v) is 8.59. The molecule has 0 aliphatic rings. The molecule has 4 heteroatoms. The van der Waals surface area contributed by atoms with Crippen LogP contribution in [0.25, 0.3) is 69.6 Å². The molecule has 0 aliphatic heterocycles. The van der Waals surface area contributed by atoms with Crippen molar-refractivity contribution in [3.63, 3.8) is 0 Å². The molecule has 216 valence electrons. The monoisotopic (exact) mass is 606 g/mol. The summed E-state index contributed by atoms with van der Waals surface area (Å²) < 4.78 is 11.3. The standard InChI is InChI=1S/C42H26N2OS/c1-3-11-27(12-4-1)43(28-13-5-2-6-14-28)29-19-21-30(22-20-29)44-35-17-9-7-15-33(35)39-36(44)25-23-31-32-24-26-38-40(42(32)46-41(31)39)34-16-8-10-18-37(34)45-38/h1-26H. The molecule has 3 heterocycles. The molecule has 10 aromatic rings. The van der Waals surface area contributed by atoms with Crippen LogP contribution in [0.3, 0.4) is 0 Å². The fourth-order valence-electron chi connectivity index (χ4n) is 7.18. The Balaban J connectivity index is 1.19. The molecule has 7 aromatic carbocycles. The van der Waals surface area contributed by atoms with Crippen LogP contribution >= 0.6 is 11.3 Å². The summed E-state index contributed by atoms with van der Waals surface area (Å²) in [5, 5.41) is 7.52. The van der Waals surface area contributed by atoms with Crippen molar-refractivity contribution >= 4 is 92.3 Å². The van der Waals surface area contributed by atoms with Crippen molar-refractivity contribution in [2.24, 2.45) is 0 Å². The number of hydrogen-bond donors (Lipinski definition) is 0. The van der Waals surface area contributed by atoms with Gasteiger partial charge >= 0.3 is 0 Å². The summed E-state index contributed by atoms with van der Waals surface area (Å²) in [4.78, 5) is 2.30. The zero-order valence-corrected chi connectivity index (χ0v) is 25.5. The number of hydrogen-bond acceptors (Lipinski definition) is 3. The summed E-state index contributed by atoms with van der Waals surface area (Å²) in [7, 11) is 0. The van der Waals surface area contributed by atoms with Crippen LogP contribution in [0.2, 0.25) is 0 Å². The number of fused-ring (bicyclic) bond motifs is 11. The van der Waals surface area contributed by atoms with Crippen LogP contribution in [0.4, 0.5) is 17.1 Å². The molecule has 0 bridgehead atoms. The minimum atomic E-state index is 0.936. The number of thiophene rings is 1. The molecule has 3 aromatic heterocycles. The molecule has 3 nitrogen and oxygen atoms in total. The number of benzene rings is 7. The third-order valence-corrected chi connectivity index (χ3v) is 10.4. The van der Waals surface area contributed by atoms with Gasteiger partial charge < -0.3 is 13.9 Å². The van der Waals surface area contributed by atoms with Gasteiger partial charge in [0, 0.05) is 64.5 Å². The van der Waals surface area contributed by atoms with Gasteiger partial charge in [0.05, 0.1) is 11.0 Å². The largest absolute Gasteiger partial charge is 0.456 e. The number of anilines is 3. The predicted molar refractivity (Wildman–Crippen MR) is 196 cm³/mol. The third kappa shape index (κ3) is 3.65. The predicted octanol–water partition coefficient (Wildman–Crippen LogP) is 12.5. The zero-order chi connectivity index (χ0) is 30.2. The lowest BCUT2D eigenvalue weighted by Gasteiger charge is -2.25. The van der Waals surface area contributed by atoms with E-state index in [9.17, 15) is 0 Å². The minimum absolute atomic E-state index is 0.936. The molecule has 0 aliphatic carbocycles. The van der Waals surface area contributed by atoms with Crippen molar-refractivity contribution in [2.45, 2.75) is 0 Å². The second-order valence-electron chi connectivity index (χ2n) is 11.7. The van der Waals surface area contributed by atoms with Crippen LogP contribution in [-0.2, 0) is 0 Å². The van der Waals surface area contributed by atoms with Crippen LogP contribution in [0, 0.1) is 0 Å². The highest BCUT2D eigenvalue weighted by Gasteiger charge is 2.20. The molecule has 0 saturated carbocycles. The first-order valence-corrected chi connectivity index (χ1v) is 16.3. The van der Waals surface area contributed by atoms with E-state index < -0.39 is 0 Å². The van der Waals surface area contributed by atoms with Gasteiger partial charge in [-0.05, 0) is 78.9 Å². The Hall–Kier alpha value is -5.84. The highest BCUT2D eigenvalue weighted by molar-refractivity contribution is 7.27. The quantitative estimate of drug-likeness (QED) is 0.199. The average molecular weight is 607 g/mol. The second-order valence-corrected chi connectivity index (χ2v) is 12.7. The van der Waals surface area contributed by atoms with E-state index in [0.717, 1.165) is 33.9 Å². The first-order chi connectivity index (χ1) is 22.8. The molecule has 0 atom stereocenters. The van der Waals surface area contributed by atoms with Gasteiger partial charge in [-0.2, -0.15) is 0 Å². The van der Waals surface area contributed by atoms with Crippen molar-refractivity contribution < 1.29 is 4.42 Å². The van der Waals surface area contributed by atoms with Crippen LogP contribution in [0.15, 0.2) is 162 Å². The minimum Gasteiger partial charge on any atom is -0.456 e. The fraction of sp³-hybridized carbons (Fsp3) is 0. The van der Waals surface area contributed by atoms with Gasteiger partial charge in [-0.1, -0.05) is 78.9 Å². The molecule has 0 unspecified atom stereocenters. The van der Waals surface area contributed by atoms with Crippen LogP contribution in [0.1, 0.15) is 0 Å². The van der Waals surface area contributed by atoms with Crippen molar-refractivity contribution in [1.29, 1.82) is 0 Å². The Morgan fingerprint density at radius 1 is 0.413 bits per heavy atom. The zero-order valence-electron chi connectivity index (χ0n) is 24.7. The van der Waals surface area contributed by atoms with E-state index in [0.29, 0.717) is 0 Å². The molecule has 0 saturated heterocycles. The first-order valence-electron chi connectivity index (χ1n) is 15.5. The van der Waals surface area contributed by atoms with E-state index in [2.05, 4.69) is 161 Å². The molecule has 0 spiro atoms. The molecule has 0 fully saturated rings. The van der Waals surface area contributed by atoms with Gasteiger partial charge in [0.25, 0.3) is 0 Å². The molecule has 0 amide bonds. The van der Waals surface area contributed by atoms with E-state index in [1.807, 2.05) is 17.4 Å². The molecule has 46 heavy (non-hydrogen) atoms. The highest BCUT2D eigenvalue weighted by atomic mass is 32.1. The Kier molecular flexibility index (Phi) is 5.45. The molecule has 10 rings (SSSR count). The summed E-state index contributed by atoms with van der Waals surface area (Å²) in [6.45, 7) is 0. The van der Waals surface area contributed by atoms with E-state index in [1.165, 1.54) is 52.8 Å². The lowest BCUT2D eigenvalue weighted by molar-refractivity contribution is 0.669. The van der Waals surface area contributed by atoms with Crippen LogP contribution in [-0.4, -0.2) is 4.57 Å². The maximum absolute atomic E-state index is 6.26. The van der Waals surface area contributed by atoms with Crippen LogP contribution in [0.5, 0.6) is 0 Å². The van der Waals surface area contributed by atoms with Gasteiger partial charge in [0.1, 0.15) is 11.2 Å². The van der Waals surface area contributed by atoms with Gasteiger partial charge in [-0.3, -0.25) is 0 Å². The Morgan fingerprint density at radius 2 is 1.00 bits per heavy atom. The topological polar surface area (TPSA) is 21.3 Å². The summed E-state index contributed by atoms with van der Waals surface area (Å²) in [5.74, 6) is 0. The Labute approximate surface area is 268 Å². The number of rotatable bonds is 4. The van der Waals surface area contributed by atoms with Crippen molar-refractivity contribution in [3.05, 3.63) is 158 Å². The SMILES string of the molecule is c1ccc(N(c2ccccc2)c2ccc(-n3c4ccccc4c4c5sc6c(ccc7oc8ccccc8c76)c5ccc43)cc2)cc1. The average Bonchev–Trinajstić information content (AvgIpc) is 3.79. The lowest BCUT2D eigenvalue weighted by atomic mass is 10.1. The van der Waals surface area contributed by atoms with E-state index in [1.54, 1.807) is 0 Å². The van der Waals surface area contributed by atoms with Crippen molar-refractivity contribution in [3.8, 4) is 5.69 Å². The Morgan fingerprint density at radius 3 is 1.74 bits per heavy atom. The number of para-hydroxylation sites is 4. The maximum Gasteiger partial charge on any atom is 0.136 e. The lowest BCUT2D eigenvalue weighted by Crippen LogP contribution is -2.09. The number of furan rings is 1. The summed E-state index contributed by atoms with van der Waals surface area (Å²) in [5.41, 5.74) is 8.81. The molecule has 0 radical (unpaired) electrons. The van der Waals surface area contributed by atoms with E-state index in [4.69, 9.17) is 4.42 Å². The van der Waals surface area contributed by atoms with Gasteiger partial charge in [0.15, 0.2) is 0 Å². The second kappa shape index (κ2) is 9.83. The smallest absolute Gasteiger partial charge is 0.136 e. The van der Waals surface area contributed by atoms with Crippen LogP contribution < -0.4 is 4.90 Å². The maximum atomic E-state index is 6.26.